The molecule has 1 aromatic heterocycles. The van der Waals surface area contributed by atoms with Gasteiger partial charge in [-0.05, 0) is 31.7 Å². The van der Waals surface area contributed by atoms with Crippen molar-refractivity contribution in [3.05, 3.63) is 53.9 Å². The zero-order valence-electron chi connectivity index (χ0n) is 11.9. The van der Waals surface area contributed by atoms with Gasteiger partial charge in [0, 0.05) is 42.9 Å². The number of benzene rings is 1. The minimum atomic E-state index is 0.843. The van der Waals surface area contributed by atoms with E-state index >= 15 is 0 Å². The molecule has 3 nitrogen and oxygen atoms in total. The number of nitrogens with one attached hydrogen (secondary N) is 1. The molecule has 0 saturated heterocycles. The molecule has 1 N–H and O–H groups in total. The Labute approximate surface area is 115 Å². The van der Waals surface area contributed by atoms with Crippen LogP contribution in [-0.2, 0) is 6.54 Å². The molecule has 1 aromatic carbocycles. The molecule has 0 fully saturated rings. The number of aryl methyl sites for hydroxylation is 1. The molecule has 100 valence electrons. The summed E-state index contributed by atoms with van der Waals surface area (Å²) in [4.78, 5) is 6.42. The van der Waals surface area contributed by atoms with Crippen molar-refractivity contribution in [1.82, 2.24) is 10.3 Å². The molecule has 0 aliphatic rings. The number of nitrogens with zero attached hydrogens (tertiary/aromatic N) is 2. The van der Waals surface area contributed by atoms with Gasteiger partial charge in [0.2, 0.25) is 0 Å². The van der Waals surface area contributed by atoms with E-state index in [2.05, 4.69) is 66.4 Å². The Morgan fingerprint density at radius 2 is 1.89 bits per heavy atom. The van der Waals surface area contributed by atoms with Gasteiger partial charge in [0.25, 0.3) is 0 Å². The summed E-state index contributed by atoms with van der Waals surface area (Å²) in [5.74, 6) is 0. The van der Waals surface area contributed by atoms with Crippen molar-refractivity contribution in [2.75, 3.05) is 18.5 Å². The van der Waals surface area contributed by atoms with Crippen LogP contribution in [0.15, 0.2) is 42.7 Å². The molecule has 0 saturated carbocycles. The van der Waals surface area contributed by atoms with Crippen LogP contribution >= 0.6 is 0 Å². The van der Waals surface area contributed by atoms with Crippen LogP contribution in [0.3, 0.4) is 0 Å². The van der Waals surface area contributed by atoms with E-state index in [-0.39, 0.29) is 0 Å². The average molecular weight is 255 g/mol. The zero-order chi connectivity index (χ0) is 13.7. The molecular formula is C16H21N3. The van der Waals surface area contributed by atoms with Gasteiger partial charge in [-0.15, -0.1) is 0 Å². The topological polar surface area (TPSA) is 28.2 Å². The van der Waals surface area contributed by atoms with Crippen molar-refractivity contribution >= 4 is 11.4 Å². The Morgan fingerprint density at radius 3 is 2.58 bits per heavy atom. The summed E-state index contributed by atoms with van der Waals surface area (Å²) in [6.45, 7) is 6.02. The first-order chi connectivity index (χ1) is 9.22. The molecule has 0 aliphatic heterocycles. The van der Waals surface area contributed by atoms with Gasteiger partial charge in [0.05, 0.1) is 0 Å². The predicted molar refractivity (Wildman–Crippen MR) is 80.9 cm³/mol. The summed E-state index contributed by atoms with van der Waals surface area (Å²) in [5, 5.41) is 3.35. The van der Waals surface area contributed by atoms with Crippen LogP contribution in [-0.4, -0.2) is 18.6 Å². The van der Waals surface area contributed by atoms with Crippen LogP contribution in [0.5, 0.6) is 0 Å². The minimum absolute atomic E-state index is 0.843. The third kappa shape index (κ3) is 3.32. The number of aromatic nitrogens is 1. The normalized spacial score (nSPS) is 10.5. The molecular weight excluding hydrogens is 234 g/mol. The third-order valence-corrected chi connectivity index (χ3v) is 3.23. The largest absolute Gasteiger partial charge is 0.344 e. The molecule has 0 bridgehead atoms. The molecule has 0 radical (unpaired) electrons. The number of hydrogen-bond donors (Lipinski definition) is 1. The lowest BCUT2D eigenvalue weighted by molar-refractivity contribution is 0.724. The summed E-state index contributed by atoms with van der Waals surface area (Å²) in [5.41, 5.74) is 4.88. The lowest BCUT2D eigenvalue weighted by Crippen LogP contribution is -2.17. The van der Waals surface area contributed by atoms with Crippen LogP contribution in [0.2, 0.25) is 0 Å². The quantitative estimate of drug-likeness (QED) is 0.888. The van der Waals surface area contributed by atoms with Gasteiger partial charge < -0.3 is 10.2 Å². The summed E-state index contributed by atoms with van der Waals surface area (Å²) >= 11 is 0. The standard InChI is InChI=1S/C16H21N3/c1-4-17-11-14-12-18-10-9-16(14)19(3)15-7-5-13(2)6-8-15/h5-10,12,17H,4,11H2,1-3H3. The van der Waals surface area contributed by atoms with E-state index in [4.69, 9.17) is 0 Å². The SMILES string of the molecule is CCNCc1cnccc1N(C)c1ccc(C)cc1. The molecule has 0 atom stereocenters. The van der Waals surface area contributed by atoms with Crippen molar-refractivity contribution in [1.29, 1.82) is 0 Å². The van der Waals surface area contributed by atoms with Gasteiger partial charge in [-0.3, -0.25) is 4.98 Å². The van der Waals surface area contributed by atoms with Gasteiger partial charge in [-0.1, -0.05) is 24.6 Å². The number of rotatable bonds is 5. The number of pyridine rings is 1. The van der Waals surface area contributed by atoms with Crippen LogP contribution in [0.1, 0.15) is 18.1 Å². The van der Waals surface area contributed by atoms with E-state index in [1.165, 1.54) is 22.5 Å². The molecule has 19 heavy (non-hydrogen) atoms. The fraction of sp³-hybridized carbons (Fsp3) is 0.312. The van der Waals surface area contributed by atoms with Crippen molar-refractivity contribution < 1.29 is 0 Å². The van der Waals surface area contributed by atoms with E-state index < -0.39 is 0 Å². The summed E-state index contributed by atoms with van der Waals surface area (Å²) in [7, 11) is 2.09. The monoisotopic (exact) mass is 255 g/mol. The van der Waals surface area contributed by atoms with Crippen LogP contribution < -0.4 is 10.2 Å². The maximum atomic E-state index is 4.22. The molecule has 2 rings (SSSR count). The molecule has 0 aliphatic carbocycles. The van der Waals surface area contributed by atoms with Crippen molar-refractivity contribution in [3.63, 3.8) is 0 Å². The van der Waals surface area contributed by atoms with Gasteiger partial charge in [-0.2, -0.15) is 0 Å². The average Bonchev–Trinajstić information content (AvgIpc) is 2.45. The highest BCUT2D eigenvalue weighted by Gasteiger charge is 2.08. The molecule has 1 heterocycles. The Bertz CT molecular complexity index is 520. The molecule has 2 aromatic rings. The van der Waals surface area contributed by atoms with Gasteiger partial charge in [0.15, 0.2) is 0 Å². The minimum Gasteiger partial charge on any atom is -0.344 e. The molecule has 0 unspecified atom stereocenters. The second-order valence-electron chi connectivity index (χ2n) is 4.68. The Kier molecular flexibility index (Phi) is 4.53. The van der Waals surface area contributed by atoms with Crippen molar-refractivity contribution in [3.8, 4) is 0 Å². The van der Waals surface area contributed by atoms with Crippen molar-refractivity contribution in [2.24, 2.45) is 0 Å². The van der Waals surface area contributed by atoms with Crippen molar-refractivity contribution in [2.45, 2.75) is 20.4 Å². The van der Waals surface area contributed by atoms with E-state index in [1.807, 2.05) is 12.4 Å². The smallest absolute Gasteiger partial charge is 0.0484 e. The van der Waals surface area contributed by atoms with E-state index in [0.717, 1.165) is 13.1 Å². The van der Waals surface area contributed by atoms with E-state index in [9.17, 15) is 0 Å². The maximum absolute atomic E-state index is 4.22. The third-order valence-electron chi connectivity index (χ3n) is 3.23. The van der Waals surface area contributed by atoms with Gasteiger partial charge in [-0.25, -0.2) is 0 Å². The van der Waals surface area contributed by atoms with E-state index in [1.54, 1.807) is 0 Å². The van der Waals surface area contributed by atoms with Crippen LogP contribution in [0, 0.1) is 6.92 Å². The highest BCUT2D eigenvalue weighted by Crippen LogP contribution is 2.26. The fourth-order valence-electron chi connectivity index (χ4n) is 2.05. The molecule has 0 amide bonds. The Morgan fingerprint density at radius 1 is 1.16 bits per heavy atom. The second-order valence-corrected chi connectivity index (χ2v) is 4.68. The van der Waals surface area contributed by atoms with Gasteiger partial charge in [0.1, 0.15) is 0 Å². The van der Waals surface area contributed by atoms with Crippen LogP contribution in [0.25, 0.3) is 0 Å². The lowest BCUT2D eigenvalue weighted by atomic mass is 10.1. The first-order valence-corrected chi connectivity index (χ1v) is 6.66. The lowest BCUT2D eigenvalue weighted by Gasteiger charge is -2.22. The first-order valence-electron chi connectivity index (χ1n) is 6.66. The fourth-order valence-corrected chi connectivity index (χ4v) is 2.05. The number of hydrogen-bond acceptors (Lipinski definition) is 3. The molecule has 0 spiro atoms. The molecule has 3 heteroatoms. The zero-order valence-corrected chi connectivity index (χ0v) is 11.9. The second kappa shape index (κ2) is 6.34. The van der Waals surface area contributed by atoms with Gasteiger partial charge >= 0.3 is 0 Å². The van der Waals surface area contributed by atoms with Crippen LogP contribution in [0.4, 0.5) is 11.4 Å². The highest BCUT2D eigenvalue weighted by atomic mass is 15.1. The Balaban J connectivity index is 2.27. The summed E-state index contributed by atoms with van der Waals surface area (Å²) in [6.07, 6.45) is 3.78. The highest BCUT2D eigenvalue weighted by molar-refractivity contribution is 5.65. The first kappa shape index (κ1) is 13.6. The summed E-state index contributed by atoms with van der Waals surface area (Å²) < 4.78 is 0. The predicted octanol–water partition coefficient (Wildman–Crippen LogP) is 3.27. The van der Waals surface area contributed by atoms with E-state index in [0.29, 0.717) is 0 Å². The number of anilines is 2. The summed E-state index contributed by atoms with van der Waals surface area (Å²) in [6, 6.07) is 10.6. The Hall–Kier alpha value is -1.87. The maximum Gasteiger partial charge on any atom is 0.0484 e.